The summed E-state index contributed by atoms with van der Waals surface area (Å²) in [5.41, 5.74) is 2.98. The van der Waals surface area contributed by atoms with Gasteiger partial charge in [0, 0.05) is 6.04 Å². The molecule has 1 nitrogen and oxygen atoms in total. The molecule has 1 N–H and O–H groups in total. The molecule has 1 aromatic carbocycles. The van der Waals surface area contributed by atoms with Crippen molar-refractivity contribution in [3.63, 3.8) is 0 Å². The van der Waals surface area contributed by atoms with Crippen molar-refractivity contribution in [3.05, 3.63) is 35.4 Å². The zero-order valence-corrected chi connectivity index (χ0v) is 12.1. The second kappa shape index (κ2) is 6.38. The fourth-order valence-electron chi connectivity index (χ4n) is 3.03. The van der Waals surface area contributed by atoms with Crippen molar-refractivity contribution in [3.8, 4) is 0 Å². The maximum absolute atomic E-state index is 3.41. The molecule has 1 aliphatic carbocycles. The standard InChI is InChI=1S/C17H27N/c1-13(2)16-8-4-14(5-9-16)12-15-6-10-17(18-3)11-7-15/h4-5,8-9,13,15,17-18H,6-7,10-12H2,1-3H3. The van der Waals surface area contributed by atoms with E-state index in [1.54, 1.807) is 0 Å². The van der Waals surface area contributed by atoms with Gasteiger partial charge in [0.25, 0.3) is 0 Å². The third-order valence-electron chi connectivity index (χ3n) is 4.43. The molecule has 2 rings (SSSR count). The number of hydrogen-bond donors (Lipinski definition) is 1. The number of hydrogen-bond acceptors (Lipinski definition) is 1. The van der Waals surface area contributed by atoms with Crippen molar-refractivity contribution in [2.45, 2.75) is 57.9 Å². The highest BCUT2D eigenvalue weighted by Crippen LogP contribution is 2.27. The Labute approximate surface area is 112 Å². The Hall–Kier alpha value is -0.820. The van der Waals surface area contributed by atoms with Gasteiger partial charge in [-0.15, -0.1) is 0 Å². The summed E-state index contributed by atoms with van der Waals surface area (Å²) in [4.78, 5) is 0. The van der Waals surface area contributed by atoms with Crippen LogP contribution in [0.25, 0.3) is 0 Å². The van der Waals surface area contributed by atoms with E-state index in [0.717, 1.165) is 12.0 Å². The average Bonchev–Trinajstić information content (AvgIpc) is 2.40. The highest BCUT2D eigenvalue weighted by molar-refractivity contribution is 5.25. The van der Waals surface area contributed by atoms with E-state index >= 15 is 0 Å². The highest BCUT2D eigenvalue weighted by Gasteiger charge is 2.19. The molecule has 1 heteroatoms. The van der Waals surface area contributed by atoms with Gasteiger partial charge in [0.2, 0.25) is 0 Å². The summed E-state index contributed by atoms with van der Waals surface area (Å²) in [5, 5.41) is 3.41. The van der Waals surface area contributed by atoms with E-state index in [-0.39, 0.29) is 0 Å². The van der Waals surface area contributed by atoms with Crippen molar-refractivity contribution in [2.75, 3.05) is 7.05 Å². The van der Waals surface area contributed by atoms with E-state index in [9.17, 15) is 0 Å². The van der Waals surface area contributed by atoms with Crippen molar-refractivity contribution >= 4 is 0 Å². The minimum absolute atomic E-state index is 0.644. The van der Waals surface area contributed by atoms with Crippen molar-refractivity contribution in [1.29, 1.82) is 0 Å². The molecule has 100 valence electrons. The second-order valence-electron chi connectivity index (χ2n) is 6.11. The molecular formula is C17H27N. The summed E-state index contributed by atoms with van der Waals surface area (Å²) in [7, 11) is 2.09. The summed E-state index contributed by atoms with van der Waals surface area (Å²) < 4.78 is 0. The molecule has 0 unspecified atom stereocenters. The lowest BCUT2D eigenvalue weighted by atomic mass is 9.82. The predicted molar refractivity (Wildman–Crippen MR) is 79.0 cm³/mol. The van der Waals surface area contributed by atoms with Crippen molar-refractivity contribution in [1.82, 2.24) is 5.32 Å². The summed E-state index contributed by atoms with van der Waals surface area (Å²) in [6.07, 6.45) is 6.75. The van der Waals surface area contributed by atoms with Crippen LogP contribution in [0.15, 0.2) is 24.3 Å². The SMILES string of the molecule is CNC1CCC(Cc2ccc(C(C)C)cc2)CC1. The van der Waals surface area contributed by atoms with Crippen LogP contribution in [-0.4, -0.2) is 13.1 Å². The predicted octanol–water partition coefficient (Wildman–Crippen LogP) is 4.13. The Bertz CT molecular complexity index is 344. The van der Waals surface area contributed by atoms with E-state index in [0.29, 0.717) is 5.92 Å². The number of benzene rings is 1. The highest BCUT2D eigenvalue weighted by atomic mass is 14.9. The van der Waals surface area contributed by atoms with Gasteiger partial charge in [-0.2, -0.15) is 0 Å². The van der Waals surface area contributed by atoms with Crippen LogP contribution in [0, 0.1) is 5.92 Å². The van der Waals surface area contributed by atoms with Gasteiger partial charge < -0.3 is 5.32 Å². The Morgan fingerprint density at radius 3 is 2.17 bits per heavy atom. The van der Waals surface area contributed by atoms with Crippen LogP contribution < -0.4 is 5.32 Å². The van der Waals surface area contributed by atoms with Crippen LogP contribution in [0.5, 0.6) is 0 Å². The molecule has 0 aromatic heterocycles. The fraction of sp³-hybridized carbons (Fsp3) is 0.647. The fourth-order valence-corrected chi connectivity index (χ4v) is 3.03. The Balaban J connectivity index is 1.86. The molecule has 0 saturated heterocycles. The van der Waals surface area contributed by atoms with Gasteiger partial charge >= 0.3 is 0 Å². The quantitative estimate of drug-likeness (QED) is 0.841. The van der Waals surface area contributed by atoms with E-state index in [1.807, 2.05) is 0 Å². The zero-order chi connectivity index (χ0) is 13.0. The Kier molecular flexibility index (Phi) is 4.82. The monoisotopic (exact) mass is 245 g/mol. The van der Waals surface area contributed by atoms with E-state index in [2.05, 4.69) is 50.5 Å². The second-order valence-corrected chi connectivity index (χ2v) is 6.11. The molecule has 18 heavy (non-hydrogen) atoms. The van der Waals surface area contributed by atoms with Gasteiger partial charge in [0.05, 0.1) is 0 Å². The van der Waals surface area contributed by atoms with Crippen LogP contribution in [-0.2, 0) is 6.42 Å². The van der Waals surface area contributed by atoms with Gasteiger partial charge in [-0.1, -0.05) is 38.1 Å². The van der Waals surface area contributed by atoms with Crippen LogP contribution >= 0.6 is 0 Å². The molecule has 0 bridgehead atoms. The first kappa shape index (κ1) is 13.6. The third-order valence-corrected chi connectivity index (χ3v) is 4.43. The van der Waals surface area contributed by atoms with Gasteiger partial charge in [0.1, 0.15) is 0 Å². The maximum atomic E-state index is 3.41. The smallest absolute Gasteiger partial charge is 0.00642 e. The number of rotatable bonds is 4. The average molecular weight is 245 g/mol. The number of nitrogens with one attached hydrogen (secondary N) is 1. The molecule has 0 spiro atoms. The van der Waals surface area contributed by atoms with E-state index < -0.39 is 0 Å². The minimum Gasteiger partial charge on any atom is -0.317 e. The first-order valence-electron chi connectivity index (χ1n) is 7.45. The lowest BCUT2D eigenvalue weighted by molar-refractivity contribution is 0.300. The lowest BCUT2D eigenvalue weighted by Gasteiger charge is -2.28. The van der Waals surface area contributed by atoms with Crippen LogP contribution in [0.2, 0.25) is 0 Å². The largest absolute Gasteiger partial charge is 0.317 e. The summed E-state index contributed by atoms with van der Waals surface area (Å²) in [6.45, 7) is 4.52. The van der Waals surface area contributed by atoms with Gasteiger partial charge in [-0.05, 0) is 62.1 Å². The summed E-state index contributed by atoms with van der Waals surface area (Å²) in [6, 6.07) is 10.0. The van der Waals surface area contributed by atoms with Crippen molar-refractivity contribution in [2.24, 2.45) is 5.92 Å². The topological polar surface area (TPSA) is 12.0 Å². The maximum Gasteiger partial charge on any atom is 0.00642 e. The van der Waals surface area contributed by atoms with Gasteiger partial charge in [-0.3, -0.25) is 0 Å². The third kappa shape index (κ3) is 3.58. The minimum atomic E-state index is 0.644. The van der Waals surface area contributed by atoms with Crippen LogP contribution in [0.1, 0.15) is 56.6 Å². The van der Waals surface area contributed by atoms with E-state index in [4.69, 9.17) is 0 Å². The molecule has 1 aliphatic rings. The van der Waals surface area contributed by atoms with Crippen LogP contribution in [0.4, 0.5) is 0 Å². The Morgan fingerprint density at radius 2 is 1.67 bits per heavy atom. The normalized spacial score (nSPS) is 24.4. The van der Waals surface area contributed by atoms with Gasteiger partial charge in [-0.25, -0.2) is 0 Å². The summed E-state index contributed by atoms with van der Waals surface area (Å²) >= 11 is 0. The molecule has 0 amide bonds. The van der Waals surface area contributed by atoms with Crippen LogP contribution in [0.3, 0.4) is 0 Å². The molecule has 1 saturated carbocycles. The van der Waals surface area contributed by atoms with Crippen molar-refractivity contribution < 1.29 is 0 Å². The first-order chi connectivity index (χ1) is 8.69. The molecule has 1 fully saturated rings. The molecular weight excluding hydrogens is 218 g/mol. The molecule has 0 atom stereocenters. The molecule has 1 aromatic rings. The molecule has 0 radical (unpaired) electrons. The molecule has 0 aliphatic heterocycles. The molecule has 0 heterocycles. The summed E-state index contributed by atoms with van der Waals surface area (Å²) in [5.74, 6) is 1.55. The Morgan fingerprint density at radius 1 is 1.06 bits per heavy atom. The van der Waals surface area contributed by atoms with Gasteiger partial charge in [0.15, 0.2) is 0 Å². The van der Waals surface area contributed by atoms with E-state index in [1.165, 1.54) is 43.2 Å². The lowest BCUT2D eigenvalue weighted by Crippen LogP contribution is -2.30. The zero-order valence-electron chi connectivity index (χ0n) is 12.1. The first-order valence-corrected chi connectivity index (χ1v) is 7.45.